The van der Waals surface area contributed by atoms with Gasteiger partial charge in [-0.15, -0.1) is 0 Å². The molecule has 0 saturated carbocycles. The Morgan fingerprint density at radius 3 is 0.662 bits per heavy atom. The summed E-state index contributed by atoms with van der Waals surface area (Å²) in [5, 5.41) is 0. The fourth-order valence-corrected chi connectivity index (χ4v) is 11.2. The summed E-state index contributed by atoms with van der Waals surface area (Å²) in [6.07, 6.45) is 85.2. The molecule has 0 fully saturated rings. The maximum atomic E-state index is 12.9. The normalized spacial score (nSPS) is 12.1. The Hall–Kier alpha value is -2.11. The molecule has 0 radical (unpaired) electrons. The number of allylic oxidation sites excluding steroid dienone is 4. The van der Waals surface area contributed by atoms with Gasteiger partial charge >= 0.3 is 17.9 Å². The van der Waals surface area contributed by atoms with Crippen molar-refractivity contribution in [2.24, 2.45) is 0 Å². The Bertz CT molecular complexity index is 1290. The lowest BCUT2D eigenvalue weighted by atomic mass is 10.0. The summed E-state index contributed by atoms with van der Waals surface area (Å²) in [6, 6.07) is 0. The number of carbonyl (C=O) groups excluding carboxylic acids is 3. The fourth-order valence-electron chi connectivity index (χ4n) is 11.2. The van der Waals surface area contributed by atoms with Gasteiger partial charge in [-0.3, -0.25) is 14.4 Å². The van der Waals surface area contributed by atoms with Gasteiger partial charge in [0, 0.05) is 19.3 Å². The van der Waals surface area contributed by atoms with Crippen molar-refractivity contribution in [3.8, 4) is 0 Å². The monoisotopic (exact) mass is 1130 g/mol. The maximum absolute atomic E-state index is 12.9. The van der Waals surface area contributed by atoms with Crippen molar-refractivity contribution in [2.75, 3.05) is 13.2 Å². The van der Waals surface area contributed by atoms with Crippen LogP contribution in [0.1, 0.15) is 412 Å². The highest BCUT2D eigenvalue weighted by Gasteiger charge is 2.19. The van der Waals surface area contributed by atoms with Crippen molar-refractivity contribution in [3.63, 3.8) is 0 Å². The third-order valence-electron chi connectivity index (χ3n) is 16.7. The molecular weight excluding hydrogens is 985 g/mol. The first-order valence-electron chi connectivity index (χ1n) is 36.3. The zero-order valence-corrected chi connectivity index (χ0v) is 54.4. The quantitative estimate of drug-likeness (QED) is 0.0261. The van der Waals surface area contributed by atoms with E-state index in [-0.39, 0.29) is 31.1 Å². The van der Waals surface area contributed by atoms with Crippen LogP contribution in [0.2, 0.25) is 0 Å². The molecule has 0 amide bonds. The van der Waals surface area contributed by atoms with Crippen LogP contribution in [-0.2, 0) is 28.6 Å². The lowest BCUT2D eigenvalue weighted by molar-refractivity contribution is -0.167. The molecule has 0 bridgehead atoms. The highest BCUT2D eigenvalue weighted by Crippen LogP contribution is 2.19. The molecule has 0 aromatic heterocycles. The minimum atomic E-state index is -0.774. The molecule has 0 saturated heterocycles. The summed E-state index contributed by atoms with van der Waals surface area (Å²) in [4.78, 5) is 38.4. The zero-order valence-electron chi connectivity index (χ0n) is 54.4. The lowest BCUT2D eigenvalue weighted by Gasteiger charge is -2.18. The van der Waals surface area contributed by atoms with Gasteiger partial charge in [0.1, 0.15) is 13.2 Å². The van der Waals surface area contributed by atoms with Crippen LogP contribution < -0.4 is 0 Å². The molecule has 1 atom stereocenters. The van der Waals surface area contributed by atoms with Crippen molar-refractivity contribution < 1.29 is 28.6 Å². The van der Waals surface area contributed by atoms with Crippen LogP contribution in [0.5, 0.6) is 0 Å². The summed E-state index contributed by atoms with van der Waals surface area (Å²) in [7, 11) is 0. The van der Waals surface area contributed by atoms with Gasteiger partial charge in [-0.2, -0.15) is 0 Å². The molecule has 0 aliphatic rings. The zero-order chi connectivity index (χ0) is 57.8. The standard InChI is InChI=1S/C74H140O6/c1-4-7-10-13-16-19-22-24-26-28-30-32-33-34-35-36-37-38-39-40-42-43-45-47-49-52-55-58-61-64-67-73(76)79-70-71(69-78-72(75)66-63-60-57-54-51-21-18-15-12-9-6-3)80-74(77)68-65-62-59-56-53-50-48-46-44-41-31-29-27-25-23-20-17-14-11-8-5-2/h15,18,29,31,71H,4-14,16-17,19-28,30,32-70H2,1-3H3/b18-15-,31-29-. The number of carbonyl (C=O) groups is 3. The van der Waals surface area contributed by atoms with Gasteiger partial charge in [-0.1, -0.05) is 353 Å². The van der Waals surface area contributed by atoms with Crippen LogP contribution in [0.25, 0.3) is 0 Å². The summed E-state index contributed by atoms with van der Waals surface area (Å²) in [6.45, 7) is 6.67. The highest BCUT2D eigenvalue weighted by molar-refractivity contribution is 5.71. The number of hydrogen-bond acceptors (Lipinski definition) is 6. The molecule has 0 aliphatic carbocycles. The molecule has 0 spiro atoms. The molecule has 0 N–H and O–H groups in total. The average molecular weight is 1130 g/mol. The van der Waals surface area contributed by atoms with Gasteiger partial charge in [-0.25, -0.2) is 0 Å². The van der Waals surface area contributed by atoms with E-state index in [4.69, 9.17) is 14.2 Å². The first kappa shape index (κ1) is 77.9. The molecule has 6 heteroatoms. The van der Waals surface area contributed by atoms with Crippen LogP contribution in [0.3, 0.4) is 0 Å². The third kappa shape index (κ3) is 66.7. The lowest BCUT2D eigenvalue weighted by Crippen LogP contribution is -2.30. The number of unbranched alkanes of at least 4 members (excludes halogenated alkanes) is 53. The smallest absolute Gasteiger partial charge is 0.306 e. The first-order chi connectivity index (χ1) is 39.5. The molecule has 0 aromatic rings. The minimum Gasteiger partial charge on any atom is -0.462 e. The van der Waals surface area contributed by atoms with E-state index >= 15 is 0 Å². The van der Waals surface area contributed by atoms with Crippen molar-refractivity contribution in [1.29, 1.82) is 0 Å². The average Bonchev–Trinajstić information content (AvgIpc) is 3.46. The van der Waals surface area contributed by atoms with E-state index in [2.05, 4.69) is 45.1 Å². The molecule has 0 aromatic carbocycles. The maximum Gasteiger partial charge on any atom is 0.306 e. The van der Waals surface area contributed by atoms with Crippen molar-refractivity contribution in [3.05, 3.63) is 24.3 Å². The Labute approximate surface area is 500 Å². The van der Waals surface area contributed by atoms with Gasteiger partial charge in [0.25, 0.3) is 0 Å². The van der Waals surface area contributed by atoms with Crippen LogP contribution in [0.4, 0.5) is 0 Å². The predicted octanol–water partition coefficient (Wildman–Crippen LogP) is 25.0. The molecule has 0 heterocycles. The Morgan fingerprint density at radius 2 is 0.425 bits per heavy atom. The highest BCUT2D eigenvalue weighted by atomic mass is 16.6. The summed E-state index contributed by atoms with van der Waals surface area (Å²) in [5.41, 5.74) is 0. The van der Waals surface area contributed by atoms with Gasteiger partial charge < -0.3 is 14.2 Å². The van der Waals surface area contributed by atoms with E-state index < -0.39 is 6.10 Å². The SMILES string of the molecule is CCCC/C=C\CCCCCCCC(=O)OCC(COC(=O)CCCCCCCCCCCCCCCCCCCCCCCCCCCCCCCC)OC(=O)CCCCCCCCCCC/C=C\CCCCCCCCCC. The minimum absolute atomic E-state index is 0.0695. The van der Waals surface area contributed by atoms with E-state index in [1.54, 1.807) is 0 Å². The fraction of sp³-hybridized carbons (Fsp3) is 0.905. The summed E-state index contributed by atoms with van der Waals surface area (Å²) >= 11 is 0. The van der Waals surface area contributed by atoms with Gasteiger partial charge in [0.05, 0.1) is 0 Å². The number of rotatable bonds is 68. The number of esters is 3. The largest absolute Gasteiger partial charge is 0.462 e. The molecule has 0 rings (SSSR count). The summed E-state index contributed by atoms with van der Waals surface area (Å²) < 4.78 is 17.0. The van der Waals surface area contributed by atoms with E-state index in [1.165, 1.54) is 308 Å². The third-order valence-corrected chi connectivity index (χ3v) is 16.7. The first-order valence-corrected chi connectivity index (χ1v) is 36.3. The van der Waals surface area contributed by atoms with Gasteiger partial charge in [0.15, 0.2) is 6.10 Å². The second kappa shape index (κ2) is 69.4. The van der Waals surface area contributed by atoms with Crippen molar-refractivity contribution in [2.45, 2.75) is 419 Å². The Morgan fingerprint density at radius 1 is 0.237 bits per heavy atom. The van der Waals surface area contributed by atoms with Crippen LogP contribution in [0, 0.1) is 0 Å². The molecule has 80 heavy (non-hydrogen) atoms. The van der Waals surface area contributed by atoms with E-state index in [9.17, 15) is 14.4 Å². The predicted molar refractivity (Wildman–Crippen MR) is 349 cm³/mol. The van der Waals surface area contributed by atoms with Crippen molar-refractivity contribution >= 4 is 17.9 Å². The molecule has 472 valence electrons. The van der Waals surface area contributed by atoms with Crippen LogP contribution in [-0.4, -0.2) is 37.2 Å². The second-order valence-corrected chi connectivity index (χ2v) is 24.9. The molecule has 0 aliphatic heterocycles. The van der Waals surface area contributed by atoms with Gasteiger partial charge in [0.2, 0.25) is 0 Å². The van der Waals surface area contributed by atoms with Crippen molar-refractivity contribution in [1.82, 2.24) is 0 Å². The van der Waals surface area contributed by atoms with Gasteiger partial charge in [-0.05, 0) is 64.2 Å². The topological polar surface area (TPSA) is 78.9 Å². The van der Waals surface area contributed by atoms with Crippen LogP contribution >= 0.6 is 0 Å². The Kier molecular flexibility index (Phi) is 67.6. The molecule has 6 nitrogen and oxygen atoms in total. The summed E-state index contributed by atoms with van der Waals surface area (Å²) in [5.74, 6) is -0.853. The number of hydrogen-bond donors (Lipinski definition) is 0. The Balaban J connectivity index is 4.11. The molecule has 1 unspecified atom stereocenters. The molecular formula is C74H140O6. The van der Waals surface area contributed by atoms with E-state index in [0.29, 0.717) is 19.3 Å². The van der Waals surface area contributed by atoms with Crippen LogP contribution in [0.15, 0.2) is 24.3 Å². The van der Waals surface area contributed by atoms with E-state index in [1.807, 2.05) is 0 Å². The van der Waals surface area contributed by atoms with E-state index in [0.717, 1.165) is 64.2 Å². The number of ether oxygens (including phenoxy) is 3. The second-order valence-electron chi connectivity index (χ2n) is 24.9.